The van der Waals surface area contributed by atoms with Crippen LogP contribution in [0.1, 0.15) is 29.3 Å². The third-order valence-corrected chi connectivity index (χ3v) is 6.80. The van der Waals surface area contributed by atoms with Crippen molar-refractivity contribution in [1.29, 1.82) is 0 Å². The maximum Gasteiger partial charge on any atom is 0.272 e. The number of hydrogen-bond acceptors (Lipinski definition) is 6. The summed E-state index contributed by atoms with van der Waals surface area (Å²) in [7, 11) is -1.33. The number of sulfonamides is 1. The van der Waals surface area contributed by atoms with Gasteiger partial charge >= 0.3 is 0 Å². The summed E-state index contributed by atoms with van der Waals surface area (Å²) in [6.07, 6.45) is 0.277. The van der Waals surface area contributed by atoms with Gasteiger partial charge in [0.25, 0.3) is 5.91 Å². The Balaban J connectivity index is 2.01. The minimum absolute atomic E-state index is 0.0414. The summed E-state index contributed by atoms with van der Waals surface area (Å²) in [5.41, 5.74) is 0.821. The zero-order valence-electron chi connectivity index (χ0n) is 19.2. The molecule has 0 N–H and O–H groups in total. The molecule has 0 saturated carbocycles. The van der Waals surface area contributed by atoms with Crippen molar-refractivity contribution in [2.45, 2.75) is 20.0 Å². The molecular weight excluding hydrogens is 461 g/mol. The van der Waals surface area contributed by atoms with E-state index in [0.717, 1.165) is 11.6 Å². The number of anilines is 1. The second kappa shape index (κ2) is 11.0. The maximum absolute atomic E-state index is 14.4. The first-order chi connectivity index (χ1) is 16.3. The van der Waals surface area contributed by atoms with E-state index in [1.165, 1.54) is 44.6 Å². The number of rotatable bonds is 10. The van der Waals surface area contributed by atoms with E-state index >= 15 is 0 Å². The van der Waals surface area contributed by atoms with Crippen LogP contribution in [0.5, 0.6) is 17.2 Å². The van der Waals surface area contributed by atoms with Crippen molar-refractivity contribution in [3.8, 4) is 17.2 Å². The lowest BCUT2D eigenvalue weighted by Crippen LogP contribution is -2.38. The van der Waals surface area contributed by atoms with Gasteiger partial charge in [-0.25, -0.2) is 17.1 Å². The van der Waals surface area contributed by atoms with E-state index in [-0.39, 0.29) is 41.5 Å². The van der Waals surface area contributed by atoms with E-state index < -0.39 is 21.7 Å². The zero-order valence-corrected chi connectivity index (χ0v) is 20.0. The fourth-order valence-electron chi connectivity index (χ4n) is 3.31. The highest BCUT2D eigenvalue weighted by atomic mass is 32.2. The van der Waals surface area contributed by atoms with Crippen LogP contribution in [0.2, 0.25) is 0 Å². The van der Waals surface area contributed by atoms with E-state index in [4.69, 9.17) is 14.2 Å². The monoisotopic (exact) mass is 487 g/mol. The Labute approximate surface area is 198 Å². The summed E-state index contributed by atoms with van der Waals surface area (Å²) in [6, 6.07) is 17.3. The Hall–Kier alpha value is -3.59. The predicted molar refractivity (Wildman–Crippen MR) is 128 cm³/mol. The van der Waals surface area contributed by atoms with Crippen LogP contribution in [0.3, 0.4) is 0 Å². The molecular formula is C25H26FNO6S. The number of methoxy groups -OCH3 is 2. The van der Waals surface area contributed by atoms with Gasteiger partial charge in [-0.1, -0.05) is 37.3 Å². The highest BCUT2D eigenvalue weighted by Gasteiger charge is 2.31. The molecule has 0 aliphatic carbocycles. The Morgan fingerprint density at radius 2 is 1.59 bits per heavy atom. The van der Waals surface area contributed by atoms with Crippen molar-refractivity contribution < 1.29 is 31.8 Å². The van der Waals surface area contributed by atoms with Crippen molar-refractivity contribution >= 4 is 21.6 Å². The number of amides is 1. The fraction of sp³-hybridized carbons (Fsp3) is 0.240. The normalized spacial score (nSPS) is 11.1. The second-order valence-corrected chi connectivity index (χ2v) is 9.28. The fourth-order valence-corrected chi connectivity index (χ4v) is 4.80. The largest absolute Gasteiger partial charge is 0.494 e. The number of ether oxygens (including phenoxy) is 3. The SMILES string of the molecule is CCCS(=O)(=O)N(C(=O)c1ccc(OC)c(OCc2ccccc2)c1)c1ccc(OC)c(F)c1. The lowest BCUT2D eigenvalue weighted by molar-refractivity contribution is 0.100. The maximum atomic E-state index is 14.4. The zero-order chi connectivity index (χ0) is 24.7. The molecule has 9 heteroatoms. The molecule has 0 aromatic heterocycles. The summed E-state index contributed by atoms with van der Waals surface area (Å²) in [4.78, 5) is 13.5. The molecule has 0 heterocycles. The number of carbonyl (C=O) groups excluding carboxylic acids is 1. The number of benzene rings is 3. The predicted octanol–water partition coefficient (Wildman–Crippen LogP) is 4.81. The lowest BCUT2D eigenvalue weighted by Gasteiger charge is -2.23. The first-order valence-electron chi connectivity index (χ1n) is 10.6. The van der Waals surface area contributed by atoms with Gasteiger partial charge in [0.15, 0.2) is 23.1 Å². The third kappa shape index (κ3) is 5.66. The van der Waals surface area contributed by atoms with Gasteiger partial charge in [0.05, 0.1) is 25.7 Å². The van der Waals surface area contributed by atoms with Gasteiger partial charge in [0, 0.05) is 11.6 Å². The van der Waals surface area contributed by atoms with Crippen LogP contribution >= 0.6 is 0 Å². The van der Waals surface area contributed by atoms with Crippen molar-refractivity contribution in [3.63, 3.8) is 0 Å². The van der Waals surface area contributed by atoms with Gasteiger partial charge in [-0.3, -0.25) is 4.79 Å². The molecule has 34 heavy (non-hydrogen) atoms. The van der Waals surface area contributed by atoms with Crippen molar-refractivity contribution in [2.24, 2.45) is 0 Å². The number of hydrogen-bond donors (Lipinski definition) is 0. The molecule has 0 bridgehead atoms. The van der Waals surface area contributed by atoms with Gasteiger partial charge < -0.3 is 14.2 Å². The molecule has 3 aromatic carbocycles. The minimum Gasteiger partial charge on any atom is -0.494 e. The van der Waals surface area contributed by atoms with Crippen LogP contribution in [-0.2, 0) is 16.6 Å². The van der Waals surface area contributed by atoms with Crippen LogP contribution in [0.25, 0.3) is 0 Å². The molecule has 1 amide bonds. The second-order valence-electron chi connectivity index (χ2n) is 7.34. The summed E-state index contributed by atoms with van der Waals surface area (Å²) in [6.45, 7) is 1.90. The molecule has 0 saturated heterocycles. The van der Waals surface area contributed by atoms with Crippen molar-refractivity contribution in [1.82, 2.24) is 0 Å². The molecule has 0 fully saturated rings. The molecule has 7 nitrogen and oxygen atoms in total. The topological polar surface area (TPSA) is 82.1 Å². The van der Waals surface area contributed by atoms with E-state index in [1.54, 1.807) is 6.92 Å². The van der Waals surface area contributed by atoms with Gasteiger partial charge in [-0.2, -0.15) is 0 Å². The van der Waals surface area contributed by atoms with E-state index in [1.807, 2.05) is 30.3 Å². The smallest absolute Gasteiger partial charge is 0.272 e. The Kier molecular flexibility index (Phi) is 8.12. The van der Waals surface area contributed by atoms with E-state index in [2.05, 4.69) is 0 Å². The quantitative estimate of drug-likeness (QED) is 0.408. The van der Waals surface area contributed by atoms with Gasteiger partial charge in [-0.05, 0) is 42.3 Å². The summed E-state index contributed by atoms with van der Waals surface area (Å²) in [5.74, 6) is -1.33. The number of halogens is 1. The van der Waals surface area contributed by atoms with E-state index in [9.17, 15) is 17.6 Å². The molecule has 0 atom stereocenters. The average molecular weight is 488 g/mol. The molecule has 0 radical (unpaired) electrons. The molecule has 3 aromatic rings. The van der Waals surface area contributed by atoms with Gasteiger partial charge in [0.2, 0.25) is 10.0 Å². The van der Waals surface area contributed by atoms with Crippen LogP contribution in [0, 0.1) is 5.82 Å². The number of nitrogens with zero attached hydrogens (tertiary/aromatic N) is 1. The Bertz CT molecular complexity index is 1250. The van der Waals surface area contributed by atoms with Crippen LogP contribution in [-0.4, -0.2) is 34.3 Å². The highest BCUT2D eigenvalue weighted by Crippen LogP contribution is 2.32. The molecule has 0 spiro atoms. The molecule has 180 valence electrons. The first-order valence-corrected chi connectivity index (χ1v) is 12.2. The average Bonchev–Trinajstić information content (AvgIpc) is 2.83. The Morgan fingerprint density at radius 1 is 0.912 bits per heavy atom. The lowest BCUT2D eigenvalue weighted by atomic mass is 10.1. The minimum atomic E-state index is -4.09. The van der Waals surface area contributed by atoms with Crippen LogP contribution in [0.4, 0.5) is 10.1 Å². The summed E-state index contributed by atoms with van der Waals surface area (Å²) in [5, 5.41) is 0. The van der Waals surface area contributed by atoms with Crippen molar-refractivity contribution in [3.05, 3.63) is 83.7 Å². The van der Waals surface area contributed by atoms with Crippen LogP contribution in [0.15, 0.2) is 66.7 Å². The highest BCUT2D eigenvalue weighted by molar-refractivity contribution is 7.93. The molecule has 0 aliphatic heterocycles. The first kappa shape index (κ1) is 25.0. The molecule has 0 unspecified atom stereocenters. The van der Waals surface area contributed by atoms with Crippen molar-refractivity contribution in [2.75, 3.05) is 24.3 Å². The van der Waals surface area contributed by atoms with E-state index in [0.29, 0.717) is 10.1 Å². The third-order valence-electron chi connectivity index (χ3n) is 4.94. The van der Waals surface area contributed by atoms with Gasteiger partial charge in [0.1, 0.15) is 6.61 Å². The molecule has 0 aliphatic rings. The summed E-state index contributed by atoms with van der Waals surface area (Å²) >= 11 is 0. The van der Waals surface area contributed by atoms with Gasteiger partial charge in [-0.15, -0.1) is 0 Å². The molecule has 3 rings (SSSR count). The van der Waals surface area contributed by atoms with Crippen LogP contribution < -0.4 is 18.5 Å². The standard InChI is InChI=1S/C25H26FNO6S/c1-4-14-34(29,30)27(20-11-13-22(31-2)21(26)16-20)25(28)19-10-12-23(32-3)24(15-19)33-17-18-8-6-5-7-9-18/h5-13,15-16H,4,14,17H2,1-3H3. The summed E-state index contributed by atoms with van der Waals surface area (Å²) < 4.78 is 57.1. The Morgan fingerprint density at radius 3 is 2.21 bits per heavy atom. The number of carbonyl (C=O) groups is 1.